The van der Waals surface area contributed by atoms with Gasteiger partial charge in [-0.3, -0.25) is 4.79 Å². The fourth-order valence-corrected chi connectivity index (χ4v) is 2.01. The van der Waals surface area contributed by atoms with Crippen molar-refractivity contribution in [2.24, 2.45) is 5.92 Å². The highest BCUT2D eigenvalue weighted by Gasteiger charge is 2.16. The Morgan fingerprint density at radius 1 is 1.57 bits per heavy atom. The van der Waals surface area contributed by atoms with Gasteiger partial charge in [0.15, 0.2) is 9.84 Å². The molecule has 0 spiro atoms. The Balaban J connectivity index is 2.21. The number of amides is 1. The van der Waals surface area contributed by atoms with Gasteiger partial charge in [0.25, 0.3) is 0 Å². The summed E-state index contributed by atoms with van der Waals surface area (Å²) in [5.41, 5.74) is 0. The molecule has 82 valence electrons. The average Bonchev–Trinajstić information content (AvgIpc) is 2.49. The summed E-state index contributed by atoms with van der Waals surface area (Å²) in [6.45, 7) is 2.45. The van der Waals surface area contributed by atoms with Crippen LogP contribution in [0.1, 0.15) is 6.42 Å². The molecule has 0 aliphatic carbocycles. The van der Waals surface area contributed by atoms with Gasteiger partial charge in [-0.1, -0.05) is 0 Å². The standard InChI is InChI=1S/C8H16N2O3S/c1-14(12,13)6-8(11)10-5-7-2-3-9-4-7/h7,9H,2-6H2,1H3,(H,10,11). The summed E-state index contributed by atoms with van der Waals surface area (Å²) in [7, 11) is -3.20. The molecule has 1 saturated heterocycles. The molecule has 6 heteroatoms. The molecular formula is C8H16N2O3S. The number of carbonyl (C=O) groups is 1. The molecule has 1 aliphatic rings. The molecule has 0 radical (unpaired) electrons. The van der Waals surface area contributed by atoms with Crippen LogP contribution in [0.25, 0.3) is 0 Å². The summed E-state index contributed by atoms with van der Waals surface area (Å²) < 4.78 is 21.5. The van der Waals surface area contributed by atoms with E-state index >= 15 is 0 Å². The molecule has 1 heterocycles. The molecule has 5 nitrogen and oxygen atoms in total. The van der Waals surface area contributed by atoms with Gasteiger partial charge >= 0.3 is 0 Å². The van der Waals surface area contributed by atoms with Crippen molar-refractivity contribution in [2.75, 3.05) is 31.6 Å². The van der Waals surface area contributed by atoms with Crippen molar-refractivity contribution in [2.45, 2.75) is 6.42 Å². The Bertz CT molecular complexity index is 294. The maximum atomic E-state index is 11.1. The molecular weight excluding hydrogens is 204 g/mol. The van der Waals surface area contributed by atoms with Crippen molar-refractivity contribution in [1.29, 1.82) is 0 Å². The van der Waals surface area contributed by atoms with Crippen LogP contribution >= 0.6 is 0 Å². The van der Waals surface area contributed by atoms with Crippen LogP contribution < -0.4 is 10.6 Å². The van der Waals surface area contributed by atoms with Crippen molar-refractivity contribution >= 4 is 15.7 Å². The predicted octanol–water partition coefficient (Wildman–Crippen LogP) is -1.24. The van der Waals surface area contributed by atoms with E-state index in [0.29, 0.717) is 12.5 Å². The third-order valence-corrected chi connectivity index (χ3v) is 2.93. The topological polar surface area (TPSA) is 75.3 Å². The van der Waals surface area contributed by atoms with E-state index in [2.05, 4.69) is 10.6 Å². The summed E-state index contributed by atoms with van der Waals surface area (Å²) in [5, 5.41) is 5.80. The van der Waals surface area contributed by atoms with Gasteiger partial charge in [-0.15, -0.1) is 0 Å². The van der Waals surface area contributed by atoms with Crippen molar-refractivity contribution in [3.8, 4) is 0 Å². The second-order valence-electron chi connectivity index (χ2n) is 3.73. The Labute approximate surface area is 84.2 Å². The van der Waals surface area contributed by atoms with Crippen LogP contribution in [0.4, 0.5) is 0 Å². The minimum Gasteiger partial charge on any atom is -0.355 e. The van der Waals surface area contributed by atoms with Crippen molar-refractivity contribution in [3.63, 3.8) is 0 Å². The lowest BCUT2D eigenvalue weighted by Gasteiger charge is -2.09. The van der Waals surface area contributed by atoms with Gasteiger partial charge in [0.05, 0.1) is 0 Å². The van der Waals surface area contributed by atoms with E-state index in [4.69, 9.17) is 0 Å². The second kappa shape index (κ2) is 4.75. The van der Waals surface area contributed by atoms with Gasteiger partial charge in [-0.2, -0.15) is 0 Å². The molecule has 1 atom stereocenters. The molecule has 1 amide bonds. The Kier molecular flexibility index (Phi) is 3.88. The molecule has 1 fully saturated rings. The third-order valence-electron chi connectivity index (χ3n) is 2.14. The van der Waals surface area contributed by atoms with Gasteiger partial charge < -0.3 is 10.6 Å². The minimum absolute atomic E-state index is 0.403. The van der Waals surface area contributed by atoms with E-state index < -0.39 is 21.5 Å². The van der Waals surface area contributed by atoms with Crippen molar-refractivity contribution in [3.05, 3.63) is 0 Å². The molecule has 1 rings (SSSR count). The monoisotopic (exact) mass is 220 g/mol. The number of hydrogen-bond donors (Lipinski definition) is 2. The zero-order valence-corrected chi connectivity index (χ0v) is 9.06. The van der Waals surface area contributed by atoms with Crippen molar-refractivity contribution in [1.82, 2.24) is 10.6 Å². The minimum atomic E-state index is -3.20. The highest BCUT2D eigenvalue weighted by atomic mass is 32.2. The molecule has 1 aliphatic heterocycles. The summed E-state index contributed by atoms with van der Waals surface area (Å²) in [4.78, 5) is 11.1. The molecule has 0 aromatic heterocycles. The molecule has 2 N–H and O–H groups in total. The molecule has 1 unspecified atom stereocenters. The van der Waals surface area contributed by atoms with E-state index in [9.17, 15) is 13.2 Å². The van der Waals surface area contributed by atoms with Crippen LogP contribution in [-0.4, -0.2) is 46.0 Å². The van der Waals surface area contributed by atoms with E-state index in [1.807, 2.05) is 0 Å². The first kappa shape index (κ1) is 11.5. The quantitative estimate of drug-likeness (QED) is 0.621. The third kappa shape index (κ3) is 4.57. The summed E-state index contributed by atoms with van der Waals surface area (Å²) in [5.74, 6) is -0.370. The lowest BCUT2D eigenvalue weighted by Crippen LogP contribution is -2.34. The number of rotatable bonds is 4. The van der Waals surface area contributed by atoms with Gasteiger partial charge in [-0.05, 0) is 25.4 Å². The van der Waals surface area contributed by atoms with E-state index in [1.165, 1.54) is 0 Å². The average molecular weight is 220 g/mol. The predicted molar refractivity (Wildman–Crippen MR) is 53.7 cm³/mol. The lowest BCUT2D eigenvalue weighted by atomic mass is 10.1. The van der Waals surface area contributed by atoms with Gasteiger partial charge in [0, 0.05) is 12.8 Å². The smallest absolute Gasteiger partial charge is 0.235 e. The Morgan fingerprint density at radius 3 is 2.79 bits per heavy atom. The molecule has 14 heavy (non-hydrogen) atoms. The van der Waals surface area contributed by atoms with E-state index in [1.54, 1.807) is 0 Å². The van der Waals surface area contributed by atoms with Crippen LogP contribution in [0.5, 0.6) is 0 Å². The maximum absolute atomic E-state index is 11.1. The largest absolute Gasteiger partial charge is 0.355 e. The second-order valence-corrected chi connectivity index (χ2v) is 5.87. The summed E-state index contributed by atoms with van der Waals surface area (Å²) >= 11 is 0. The van der Waals surface area contributed by atoms with Crippen LogP contribution in [-0.2, 0) is 14.6 Å². The van der Waals surface area contributed by atoms with Gasteiger partial charge in [0.1, 0.15) is 5.75 Å². The number of hydrogen-bond acceptors (Lipinski definition) is 4. The van der Waals surface area contributed by atoms with Crippen LogP contribution in [0, 0.1) is 5.92 Å². The van der Waals surface area contributed by atoms with Crippen LogP contribution in [0.2, 0.25) is 0 Å². The first-order chi connectivity index (χ1) is 6.47. The zero-order valence-electron chi connectivity index (χ0n) is 8.25. The fraction of sp³-hybridized carbons (Fsp3) is 0.875. The fourth-order valence-electron chi connectivity index (χ4n) is 1.44. The number of sulfone groups is 1. The highest BCUT2D eigenvalue weighted by molar-refractivity contribution is 7.91. The van der Waals surface area contributed by atoms with Gasteiger partial charge in [-0.25, -0.2) is 8.42 Å². The normalized spacial score (nSPS) is 22.2. The molecule has 0 aromatic rings. The number of nitrogens with one attached hydrogen (secondary N) is 2. The van der Waals surface area contributed by atoms with Crippen LogP contribution in [0.3, 0.4) is 0 Å². The molecule has 0 bridgehead atoms. The zero-order chi connectivity index (χ0) is 10.6. The Hall–Kier alpha value is -0.620. The molecule has 0 saturated carbocycles. The first-order valence-electron chi connectivity index (χ1n) is 4.62. The van der Waals surface area contributed by atoms with Gasteiger partial charge in [0.2, 0.25) is 5.91 Å². The van der Waals surface area contributed by atoms with E-state index in [0.717, 1.165) is 25.8 Å². The summed E-state index contributed by atoms with van der Waals surface area (Å²) in [6, 6.07) is 0. The maximum Gasteiger partial charge on any atom is 0.235 e. The SMILES string of the molecule is CS(=O)(=O)CC(=O)NCC1CCNC1. The van der Waals surface area contributed by atoms with Crippen molar-refractivity contribution < 1.29 is 13.2 Å². The van der Waals surface area contributed by atoms with Crippen LogP contribution in [0.15, 0.2) is 0 Å². The first-order valence-corrected chi connectivity index (χ1v) is 6.68. The Morgan fingerprint density at radius 2 is 2.29 bits per heavy atom. The summed E-state index contributed by atoms with van der Waals surface area (Å²) in [6.07, 6.45) is 2.10. The molecule has 0 aromatic carbocycles. The highest BCUT2D eigenvalue weighted by Crippen LogP contribution is 2.04. The lowest BCUT2D eigenvalue weighted by molar-refractivity contribution is -0.118. The number of carbonyl (C=O) groups excluding carboxylic acids is 1. The van der Waals surface area contributed by atoms with E-state index in [-0.39, 0.29) is 0 Å².